The van der Waals surface area contributed by atoms with Gasteiger partial charge < -0.3 is 14.0 Å². The summed E-state index contributed by atoms with van der Waals surface area (Å²) in [6.45, 7) is 1.46. The van der Waals surface area contributed by atoms with Crippen LogP contribution in [-0.4, -0.2) is 24.5 Å². The molecule has 0 radical (unpaired) electrons. The Kier molecular flexibility index (Phi) is 2.82. The van der Waals surface area contributed by atoms with Gasteiger partial charge in [0.05, 0.1) is 6.10 Å². The van der Waals surface area contributed by atoms with E-state index in [1.165, 1.54) is 19.1 Å². The van der Waals surface area contributed by atoms with E-state index in [-0.39, 0.29) is 6.10 Å². The van der Waals surface area contributed by atoms with E-state index in [0.29, 0.717) is 12.4 Å². The molecule has 1 aliphatic heterocycles. The topological polar surface area (TPSA) is 44.5 Å². The summed E-state index contributed by atoms with van der Waals surface area (Å²) in [7, 11) is 0. The van der Waals surface area contributed by atoms with E-state index in [1.807, 2.05) is 0 Å². The standard InChI is InChI=1S/C9H13NO3/c1-2-4-11-8(3-1)6-12-9-5-10-13-7-9/h5,7-8H,1-4,6H2. The largest absolute Gasteiger partial charge is 0.486 e. The Morgan fingerprint density at radius 3 is 3.23 bits per heavy atom. The lowest BCUT2D eigenvalue weighted by molar-refractivity contribution is -0.0111. The molecule has 2 heterocycles. The molecule has 1 aliphatic rings. The number of aromatic nitrogens is 1. The molecule has 1 saturated heterocycles. The smallest absolute Gasteiger partial charge is 0.178 e. The molecule has 4 nitrogen and oxygen atoms in total. The van der Waals surface area contributed by atoms with E-state index in [4.69, 9.17) is 9.47 Å². The molecule has 13 heavy (non-hydrogen) atoms. The van der Waals surface area contributed by atoms with Crippen molar-refractivity contribution in [2.24, 2.45) is 0 Å². The Morgan fingerprint density at radius 1 is 1.54 bits per heavy atom. The van der Waals surface area contributed by atoms with Crippen LogP contribution < -0.4 is 4.74 Å². The van der Waals surface area contributed by atoms with Crippen LogP contribution in [0.25, 0.3) is 0 Å². The van der Waals surface area contributed by atoms with Gasteiger partial charge in [-0.3, -0.25) is 0 Å². The van der Waals surface area contributed by atoms with Gasteiger partial charge in [0.2, 0.25) is 0 Å². The van der Waals surface area contributed by atoms with Crippen molar-refractivity contribution in [1.29, 1.82) is 0 Å². The van der Waals surface area contributed by atoms with Gasteiger partial charge in [-0.2, -0.15) is 0 Å². The fraction of sp³-hybridized carbons (Fsp3) is 0.667. The van der Waals surface area contributed by atoms with Crippen molar-refractivity contribution in [3.8, 4) is 5.75 Å². The van der Waals surface area contributed by atoms with E-state index in [2.05, 4.69) is 9.68 Å². The molecule has 0 amide bonds. The summed E-state index contributed by atoms with van der Waals surface area (Å²) in [5.41, 5.74) is 0. The third-order valence-electron chi connectivity index (χ3n) is 2.12. The lowest BCUT2D eigenvalue weighted by atomic mass is 10.1. The molecule has 4 heteroatoms. The average Bonchev–Trinajstić information content (AvgIpc) is 2.69. The highest BCUT2D eigenvalue weighted by Crippen LogP contribution is 2.14. The lowest BCUT2D eigenvalue weighted by Crippen LogP contribution is -2.25. The highest BCUT2D eigenvalue weighted by molar-refractivity contribution is 5.07. The van der Waals surface area contributed by atoms with Crippen LogP contribution in [0.1, 0.15) is 19.3 Å². The van der Waals surface area contributed by atoms with Crippen LogP contribution >= 0.6 is 0 Å². The van der Waals surface area contributed by atoms with Crippen LogP contribution in [0.15, 0.2) is 17.0 Å². The van der Waals surface area contributed by atoms with Crippen LogP contribution in [0.5, 0.6) is 5.75 Å². The number of nitrogens with zero attached hydrogens (tertiary/aromatic N) is 1. The van der Waals surface area contributed by atoms with Crippen LogP contribution in [-0.2, 0) is 4.74 Å². The van der Waals surface area contributed by atoms with Crippen molar-refractivity contribution in [2.45, 2.75) is 25.4 Å². The van der Waals surface area contributed by atoms with Gasteiger partial charge in [0, 0.05) is 6.61 Å². The van der Waals surface area contributed by atoms with Gasteiger partial charge in [-0.15, -0.1) is 0 Å². The third kappa shape index (κ3) is 2.45. The van der Waals surface area contributed by atoms with Crippen molar-refractivity contribution < 1.29 is 14.0 Å². The van der Waals surface area contributed by atoms with E-state index >= 15 is 0 Å². The quantitative estimate of drug-likeness (QED) is 0.714. The first kappa shape index (κ1) is 8.56. The number of hydrogen-bond acceptors (Lipinski definition) is 4. The minimum atomic E-state index is 0.239. The monoisotopic (exact) mass is 183 g/mol. The Balaban J connectivity index is 1.72. The maximum Gasteiger partial charge on any atom is 0.178 e. The van der Waals surface area contributed by atoms with Gasteiger partial charge in [0.1, 0.15) is 12.8 Å². The van der Waals surface area contributed by atoms with E-state index in [9.17, 15) is 0 Å². The second-order valence-corrected chi connectivity index (χ2v) is 3.16. The van der Waals surface area contributed by atoms with E-state index < -0.39 is 0 Å². The second-order valence-electron chi connectivity index (χ2n) is 3.16. The zero-order chi connectivity index (χ0) is 8.93. The zero-order valence-electron chi connectivity index (χ0n) is 7.44. The summed E-state index contributed by atoms with van der Waals surface area (Å²) in [4.78, 5) is 0. The molecule has 0 spiro atoms. The van der Waals surface area contributed by atoms with Crippen molar-refractivity contribution in [3.63, 3.8) is 0 Å². The molecule has 1 atom stereocenters. The predicted molar refractivity (Wildman–Crippen MR) is 45.6 cm³/mol. The Labute approximate surface area is 76.8 Å². The second kappa shape index (κ2) is 4.28. The number of ether oxygens (including phenoxy) is 2. The minimum Gasteiger partial charge on any atom is -0.486 e. The molecule has 1 fully saturated rings. The molecular weight excluding hydrogens is 170 g/mol. The summed E-state index contributed by atoms with van der Waals surface area (Å²) in [6.07, 6.45) is 6.78. The van der Waals surface area contributed by atoms with E-state index in [0.717, 1.165) is 13.0 Å². The van der Waals surface area contributed by atoms with Gasteiger partial charge >= 0.3 is 0 Å². The van der Waals surface area contributed by atoms with Crippen molar-refractivity contribution >= 4 is 0 Å². The van der Waals surface area contributed by atoms with Crippen molar-refractivity contribution in [3.05, 3.63) is 12.5 Å². The number of rotatable bonds is 3. The fourth-order valence-electron chi connectivity index (χ4n) is 1.39. The molecule has 1 aromatic rings. The van der Waals surface area contributed by atoms with Gasteiger partial charge in [0.25, 0.3) is 0 Å². The summed E-state index contributed by atoms with van der Waals surface area (Å²) in [6, 6.07) is 0. The summed E-state index contributed by atoms with van der Waals surface area (Å²) in [5.74, 6) is 0.675. The fourth-order valence-corrected chi connectivity index (χ4v) is 1.39. The zero-order valence-corrected chi connectivity index (χ0v) is 7.44. The molecule has 1 unspecified atom stereocenters. The summed E-state index contributed by atoms with van der Waals surface area (Å²) in [5, 5.41) is 3.55. The molecule has 0 aliphatic carbocycles. The molecule has 0 bridgehead atoms. The third-order valence-corrected chi connectivity index (χ3v) is 2.12. The Bertz CT molecular complexity index is 229. The van der Waals surface area contributed by atoms with Gasteiger partial charge in [-0.25, -0.2) is 0 Å². The van der Waals surface area contributed by atoms with Crippen LogP contribution in [0.4, 0.5) is 0 Å². The van der Waals surface area contributed by atoms with Crippen LogP contribution in [0.2, 0.25) is 0 Å². The highest BCUT2D eigenvalue weighted by Gasteiger charge is 2.14. The molecule has 72 valence electrons. The first-order chi connectivity index (χ1) is 6.45. The molecule has 2 rings (SSSR count). The average molecular weight is 183 g/mol. The summed E-state index contributed by atoms with van der Waals surface area (Å²) >= 11 is 0. The molecule has 0 saturated carbocycles. The van der Waals surface area contributed by atoms with Gasteiger partial charge in [-0.1, -0.05) is 5.16 Å². The van der Waals surface area contributed by atoms with Crippen LogP contribution in [0.3, 0.4) is 0 Å². The van der Waals surface area contributed by atoms with Gasteiger partial charge in [0.15, 0.2) is 12.0 Å². The maximum absolute atomic E-state index is 5.50. The first-order valence-electron chi connectivity index (χ1n) is 4.59. The highest BCUT2D eigenvalue weighted by atomic mass is 16.5. The maximum atomic E-state index is 5.50. The Morgan fingerprint density at radius 2 is 2.54 bits per heavy atom. The van der Waals surface area contributed by atoms with E-state index in [1.54, 1.807) is 6.20 Å². The van der Waals surface area contributed by atoms with Crippen LogP contribution in [0, 0.1) is 0 Å². The molecule has 0 aromatic carbocycles. The molecular formula is C9H13NO3. The van der Waals surface area contributed by atoms with Gasteiger partial charge in [-0.05, 0) is 19.3 Å². The molecule has 1 aromatic heterocycles. The lowest BCUT2D eigenvalue weighted by Gasteiger charge is -2.21. The summed E-state index contributed by atoms with van der Waals surface area (Å²) < 4.78 is 15.5. The number of hydrogen-bond donors (Lipinski definition) is 0. The van der Waals surface area contributed by atoms with Crippen molar-refractivity contribution in [1.82, 2.24) is 5.16 Å². The molecule has 0 N–H and O–H groups in total. The normalized spacial score (nSPS) is 22.9. The Hall–Kier alpha value is -1.03. The first-order valence-corrected chi connectivity index (χ1v) is 4.59. The predicted octanol–water partition coefficient (Wildman–Crippen LogP) is 1.62. The SMILES string of the molecule is c1nocc1OCC1CCCCO1. The van der Waals surface area contributed by atoms with Crippen molar-refractivity contribution in [2.75, 3.05) is 13.2 Å². The minimum absolute atomic E-state index is 0.239.